The van der Waals surface area contributed by atoms with Gasteiger partial charge in [0, 0.05) is 26.7 Å². The van der Waals surface area contributed by atoms with E-state index in [4.69, 9.17) is 75.8 Å². The van der Waals surface area contributed by atoms with Crippen molar-refractivity contribution in [3.63, 3.8) is 0 Å². The van der Waals surface area contributed by atoms with Gasteiger partial charge in [-0.2, -0.15) is 0 Å². The summed E-state index contributed by atoms with van der Waals surface area (Å²) in [5.74, 6) is -6.07. The fourth-order valence-corrected chi connectivity index (χ4v) is 13.5. The van der Waals surface area contributed by atoms with Crippen LogP contribution in [0.4, 0.5) is 0 Å². The van der Waals surface area contributed by atoms with E-state index in [2.05, 4.69) is 16.0 Å². The van der Waals surface area contributed by atoms with Gasteiger partial charge in [0.05, 0.1) is 83.6 Å². The Bertz CT molecular complexity index is 2710. The van der Waals surface area contributed by atoms with E-state index in [-0.39, 0.29) is 6.47 Å². The number of hydrogen-bond donors (Lipinski definition) is 25. The van der Waals surface area contributed by atoms with Crippen molar-refractivity contribution < 1.29 is 207 Å². The number of carbonyl (C=O) groups is 4. The number of nitrogens with one attached hydrogen (secondary N) is 3. The largest absolute Gasteiger partial charge is 0.410 e. The summed E-state index contributed by atoms with van der Waals surface area (Å²) < 4.78 is 93.8. The van der Waals surface area contributed by atoms with Crippen LogP contribution in [0.5, 0.6) is 0 Å². The Morgan fingerprint density at radius 1 is 0.433 bits per heavy atom. The van der Waals surface area contributed by atoms with Crippen molar-refractivity contribution in [2.24, 2.45) is 5.92 Å². The van der Waals surface area contributed by atoms with Gasteiger partial charge in [-0.15, -0.1) is 0 Å². The summed E-state index contributed by atoms with van der Waals surface area (Å²) >= 11 is 0. The summed E-state index contributed by atoms with van der Waals surface area (Å²) in [6.45, 7) is -2.40. The Labute approximate surface area is 590 Å². The van der Waals surface area contributed by atoms with Gasteiger partial charge in [-0.1, -0.05) is 6.92 Å². The topological polar surface area (TPSA) is 697 Å². The number of ether oxygens (including phenoxy) is 16. The fourth-order valence-electron chi connectivity index (χ4n) is 13.5. The van der Waals surface area contributed by atoms with Crippen LogP contribution in [-0.4, -0.2) is 434 Å². The average molecular weight is 1520 g/mol. The molecule has 18 unspecified atom stereocenters. The van der Waals surface area contributed by atoms with Crippen LogP contribution in [0.1, 0.15) is 41.0 Å². The first kappa shape index (κ1) is 86.0. The van der Waals surface area contributed by atoms with Crippen molar-refractivity contribution in [3.8, 4) is 0 Å². The van der Waals surface area contributed by atoms with Crippen LogP contribution in [0, 0.1) is 5.92 Å². The number of aliphatic hydroxyl groups is 22. The van der Waals surface area contributed by atoms with Crippen molar-refractivity contribution >= 4 is 24.2 Å². The molecule has 8 heterocycles. The van der Waals surface area contributed by atoms with Crippen molar-refractivity contribution in [3.05, 3.63) is 0 Å². The van der Waals surface area contributed by atoms with Gasteiger partial charge in [0.25, 0.3) is 6.47 Å². The van der Waals surface area contributed by atoms with E-state index < -0.39 is 328 Å². The standard InChI is InChI=1S/C59H99N3O42/c1-16-21(73)6-59(91-15-69,104-47(16)33(75)22(74)7-63)90-14-29-36(78)42(84)45(87)56(98-29)100-49-26(11-67)96-54(32(40(49)82)62-20(5)72)103-52-43(85)35(77)24(9-65)94-58(52)102-51-37(79)28(13-89-55-44(86)41(83)34(76)23(8-64)93-55)97-57(46(51)88)101-50-27(12-68)95-53(31(39(50)81)61-19(4)71)99-48-25(10-66)92-17(2)30(38(48)80)60-18(3)70/h15-17,21-58,63-68,73-88H,6-14H2,1-5H3,(H,60,70)(H,61,71)(H,62,72)/t16-,17+,21-,22?,23?,24?,25?,26?,27?,28?,29?,30?,31?,32?,33?,34-,35-,36+,37-,38-,39-,40-,41+,42+,43?,44?,45?,46?,47?,48-,49+,50-,51+,52?,53+,54+,55+,56+,57+,58-,59+/m1/s1. The first-order valence-electron chi connectivity index (χ1n) is 33.4. The van der Waals surface area contributed by atoms with E-state index in [1.165, 1.54) is 13.8 Å². The SMILES string of the molecule is CC(=O)NC1[C@H](O[C@@H]2C(CO)O[C@@H](C)C(NC(C)=O)[C@H]2O)OC(CO)[C@@H](O[C@@H]2OC(CO[C@H]3OC(CO)[C@@H](O)[C@H](O)C3O)[C@@H](O)[C@H](O[C@H]3OC(CO)[C@@H](O)C(O)C3O[C@@H]3OC(CO)[C@H](O[C@@H]4OC(CO[C@]5(OC=O)C[C@@H](O)[C@@H](C)C(C(O)C(O)CO)O5)[C@H](O)[C@H](O)C4O)[C@H](O)C3NC(C)=O)C2O)[C@@H]1O. The molecule has 41 atom stereocenters. The third kappa shape index (κ3) is 19.0. The van der Waals surface area contributed by atoms with Crippen molar-refractivity contribution in [1.29, 1.82) is 0 Å². The van der Waals surface area contributed by atoms with E-state index in [0.29, 0.717) is 0 Å². The molecule has 0 spiro atoms. The molecule has 8 fully saturated rings. The summed E-state index contributed by atoms with van der Waals surface area (Å²) in [5.41, 5.74) is 0. The number of hydrogen-bond acceptors (Lipinski definition) is 42. The first-order chi connectivity index (χ1) is 49.1. The third-order valence-corrected chi connectivity index (χ3v) is 19.3. The second-order valence-corrected chi connectivity index (χ2v) is 26.6. The summed E-state index contributed by atoms with van der Waals surface area (Å²) in [7, 11) is 0. The summed E-state index contributed by atoms with van der Waals surface area (Å²) in [6, 6.07) is -4.94. The van der Waals surface area contributed by atoms with Crippen LogP contribution in [-0.2, 0) is 95.0 Å². The predicted molar refractivity (Wildman–Crippen MR) is 323 cm³/mol. The van der Waals surface area contributed by atoms with Gasteiger partial charge in [-0.3, -0.25) is 19.2 Å². The minimum absolute atomic E-state index is 0.175. The fraction of sp³-hybridized carbons (Fsp3) is 0.932. The van der Waals surface area contributed by atoms with E-state index in [9.17, 15) is 132 Å². The van der Waals surface area contributed by atoms with Gasteiger partial charge < -0.3 is 204 Å². The van der Waals surface area contributed by atoms with Crippen LogP contribution in [0.2, 0.25) is 0 Å². The molecule has 0 aromatic carbocycles. The maximum atomic E-state index is 13.0. The molecule has 45 heteroatoms. The highest BCUT2D eigenvalue weighted by molar-refractivity contribution is 5.74. The van der Waals surface area contributed by atoms with Gasteiger partial charge in [-0.05, 0) is 6.92 Å². The normalized spacial score (nSPS) is 47.9. The molecule has 0 bridgehead atoms. The maximum absolute atomic E-state index is 13.0. The zero-order chi connectivity index (χ0) is 76.8. The van der Waals surface area contributed by atoms with Gasteiger partial charge in [0.2, 0.25) is 17.7 Å². The van der Waals surface area contributed by atoms with Gasteiger partial charge in [0.15, 0.2) is 37.7 Å². The molecule has 8 aliphatic rings. The predicted octanol–water partition coefficient (Wildman–Crippen LogP) is -16.4. The van der Waals surface area contributed by atoms with Crippen molar-refractivity contribution in [1.82, 2.24) is 16.0 Å². The van der Waals surface area contributed by atoms with Crippen LogP contribution < -0.4 is 16.0 Å². The van der Waals surface area contributed by atoms with Crippen LogP contribution >= 0.6 is 0 Å². The molecule has 0 aromatic rings. The molecule has 8 aliphatic heterocycles. The van der Waals surface area contributed by atoms with E-state index >= 15 is 0 Å². The zero-order valence-electron chi connectivity index (χ0n) is 56.5. The monoisotopic (exact) mass is 1520 g/mol. The maximum Gasteiger partial charge on any atom is 0.332 e. The second-order valence-electron chi connectivity index (χ2n) is 26.6. The Hall–Kier alpha value is -3.60. The molecular weight excluding hydrogens is 1420 g/mol. The highest BCUT2D eigenvalue weighted by Gasteiger charge is 2.60. The first-order valence-corrected chi connectivity index (χ1v) is 33.4. The molecule has 0 aromatic heterocycles. The molecule has 0 aliphatic carbocycles. The molecular formula is C59H99N3O42. The van der Waals surface area contributed by atoms with Crippen LogP contribution in [0.15, 0.2) is 0 Å². The lowest BCUT2D eigenvalue weighted by atomic mass is 9.87. The zero-order valence-corrected chi connectivity index (χ0v) is 56.5. The average Bonchev–Trinajstić information content (AvgIpc) is 0.770. The molecule has 25 N–H and O–H groups in total. The van der Waals surface area contributed by atoms with Gasteiger partial charge >= 0.3 is 5.97 Å². The highest BCUT2D eigenvalue weighted by atomic mass is 16.9. The molecule has 8 saturated heterocycles. The number of amides is 3. The second kappa shape index (κ2) is 37.4. The van der Waals surface area contributed by atoms with E-state index in [1.807, 2.05) is 0 Å². The molecule has 3 amide bonds. The van der Waals surface area contributed by atoms with Crippen LogP contribution in [0.25, 0.3) is 0 Å². The lowest BCUT2D eigenvalue weighted by Crippen LogP contribution is -2.71. The van der Waals surface area contributed by atoms with Crippen molar-refractivity contribution in [2.45, 2.75) is 286 Å². The molecule has 0 radical (unpaired) electrons. The molecule has 0 saturated carbocycles. The molecule has 45 nitrogen and oxygen atoms in total. The molecule has 602 valence electrons. The quantitative estimate of drug-likeness (QED) is 0.0244. The number of aliphatic hydroxyl groups excluding tert-OH is 22. The molecule has 104 heavy (non-hydrogen) atoms. The summed E-state index contributed by atoms with van der Waals surface area (Å²) in [6.07, 6.45) is -71.9. The van der Waals surface area contributed by atoms with Crippen LogP contribution in [0.3, 0.4) is 0 Å². The number of rotatable bonds is 29. The molecule has 8 rings (SSSR count). The minimum Gasteiger partial charge on any atom is -0.410 e. The minimum atomic E-state index is -2.63. The Balaban J connectivity index is 1.06. The smallest absolute Gasteiger partial charge is 0.332 e. The van der Waals surface area contributed by atoms with E-state index in [0.717, 1.165) is 20.8 Å². The lowest BCUT2D eigenvalue weighted by Gasteiger charge is -2.51. The Morgan fingerprint density at radius 3 is 1.32 bits per heavy atom. The third-order valence-electron chi connectivity index (χ3n) is 19.3. The van der Waals surface area contributed by atoms with Gasteiger partial charge in [-0.25, -0.2) is 0 Å². The van der Waals surface area contributed by atoms with Gasteiger partial charge in [0.1, 0.15) is 177 Å². The Kier molecular flexibility index (Phi) is 30.9. The number of carbonyl (C=O) groups excluding carboxylic acids is 4. The summed E-state index contributed by atoms with van der Waals surface area (Å²) in [5, 5.41) is 250. The lowest BCUT2D eigenvalue weighted by molar-refractivity contribution is -0.424. The Morgan fingerprint density at radius 2 is 0.827 bits per heavy atom. The van der Waals surface area contributed by atoms with E-state index in [1.54, 1.807) is 0 Å². The summed E-state index contributed by atoms with van der Waals surface area (Å²) in [4.78, 5) is 49.8. The van der Waals surface area contributed by atoms with Crippen molar-refractivity contribution in [2.75, 3.05) is 52.9 Å². The highest BCUT2D eigenvalue weighted by Crippen LogP contribution is 2.41.